The van der Waals surface area contributed by atoms with Crippen LogP contribution >= 0.6 is 0 Å². The lowest BCUT2D eigenvalue weighted by Crippen LogP contribution is -2.22. The summed E-state index contributed by atoms with van der Waals surface area (Å²) in [6.45, 7) is 6.52. The molecule has 0 radical (unpaired) electrons. The maximum absolute atomic E-state index is 9.00. The SMILES string of the molecule is CCCCOC(C)[C@H](C)O. The number of unbranched alkanes of at least 4 members (excludes halogenated alkanes) is 1. The van der Waals surface area contributed by atoms with E-state index in [1.807, 2.05) is 6.92 Å². The summed E-state index contributed by atoms with van der Waals surface area (Å²) < 4.78 is 5.29. The molecule has 0 amide bonds. The molecule has 62 valence electrons. The highest BCUT2D eigenvalue weighted by Crippen LogP contribution is 1.99. The van der Waals surface area contributed by atoms with E-state index in [4.69, 9.17) is 9.84 Å². The minimum absolute atomic E-state index is 0.0217. The van der Waals surface area contributed by atoms with Crippen LogP contribution in [0.3, 0.4) is 0 Å². The number of aliphatic hydroxyl groups is 1. The normalized spacial score (nSPS) is 16.8. The zero-order valence-electron chi connectivity index (χ0n) is 7.13. The summed E-state index contributed by atoms with van der Waals surface area (Å²) in [4.78, 5) is 0. The number of rotatable bonds is 5. The highest BCUT2D eigenvalue weighted by atomic mass is 16.5. The van der Waals surface area contributed by atoms with Crippen LogP contribution in [0.1, 0.15) is 33.6 Å². The Morgan fingerprint density at radius 2 is 2.00 bits per heavy atom. The van der Waals surface area contributed by atoms with Gasteiger partial charge in [0.15, 0.2) is 0 Å². The molecule has 0 aliphatic heterocycles. The quantitative estimate of drug-likeness (QED) is 0.597. The second kappa shape index (κ2) is 5.69. The van der Waals surface area contributed by atoms with Gasteiger partial charge in [0.2, 0.25) is 0 Å². The van der Waals surface area contributed by atoms with Crippen molar-refractivity contribution in [1.29, 1.82) is 0 Å². The Morgan fingerprint density at radius 1 is 1.40 bits per heavy atom. The monoisotopic (exact) mass is 146 g/mol. The summed E-state index contributed by atoms with van der Waals surface area (Å²) in [5, 5.41) is 9.00. The third-order valence-electron chi connectivity index (χ3n) is 1.56. The predicted octanol–water partition coefficient (Wildman–Crippen LogP) is 1.57. The first-order valence-corrected chi connectivity index (χ1v) is 3.98. The van der Waals surface area contributed by atoms with Crippen molar-refractivity contribution in [2.24, 2.45) is 0 Å². The van der Waals surface area contributed by atoms with E-state index < -0.39 is 0 Å². The van der Waals surface area contributed by atoms with Crippen molar-refractivity contribution in [1.82, 2.24) is 0 Å². The number of hydrogen-bond acceptors (Lipinski definition) is 2. The first-order valence-electron chi connectivity index (χ1n) is 3.98. The van der Waals surface area contributed by atoms with Crippen LogP contribution in [0.25, 0.3) is 0 Å². The standard InChI is InChI=1S/C8H18O2/c1-4-5-6-10-8(3)7(2)9/h7-9H,4-6H2,1-3H3/t7-,8?/m0/s1. The van der Waals surface area contributed by atoms with E-state index in [0.717, 1.165) is 19.4 Å². The van der Waals surface area contributed by atoms with E-state index in [1.54, 1.807) is 6.92 Å². The Balaban J connectivity index is 3.13. The third kappa shape index (κ3) is 4.77. The number of hydrogen-bond donors (Lipinski definition) is 1. The molecule has 0 heterocycles. The summed E-state index contributed by atoms with van der Waals surface area (Å²) in [6, 6.07) is 0. The fourth-order valence-electron chi connectivity index (χ4n) is 0.553. The molecule has 2 heteroatoms. The second-order valence-corrected chi connectivity index (χ2v) is 2.67. The lowest BCUT2D eigenvalue weighted by atomic mass is 10.2. The largest absolute Gasteiger partial charge is 0.391 e. The molecule has 0 fully saturated rings. The molecule has 0 aromatic rings. The van der Waals surface area contributed by atoms with Gasteiger partial charge in [0.25, 0.3) is 0 Å². The van der Waals surface area contributed by atoms with Gasteiger partial charge in [0, 0.05) is 6.61 Å². The molecular weight excluding hydrogens is 128 g/mol. The maximum Gasteiger partial charge on any atom is 0.0803 e. The summed E-state index contributed by atoms with van der Waals surface area (Å²) in [5.74, 6) is 0. The van der Waals surface area contributed by atoms with Crippen molar-refractivity contribution < 1.29 is 9.84 Å². The lowest BCUT2D eigenvalue weighted by molar-refractivity contribution is -0.0190. The van der Waals surface area contributed by atoms with E-state index in [1.165, 1.54) is 0 Å². The van der Waals surface area contributed by atoms with E-state index in [-0.39, 0.29) is 12.2 Å². The van der Waals surface area contributed by atoms with Crippen LogP contribution in [-0.4, -0.2) is 23.9 Å². The van der Waals surface area contributed by atoms with Gasteiger partial charge in [-0.1, -0.05) is 13.3 Å². The Hall–Kier alpha value is -0.0800. The molecule has 0 aromatic carbocycles. The minimum atomic E-state index is -0.350. The van der Waals surface area contributed by atoms with E-state index in [0.29, 0.717) is 0 Å². The van der Waals surface area contributed by atoms with Crippen LogP contribution in [0.15, 0.2) is 0 Å². The molecule has 0 saturated heterocycles. The molecule has 0 aliphatic carbocycles. The second-order valence-electron chi connectivity index (χ2n) is 2.67. The highest BCUT2D eigenvalue weighted by Gasteiger charge is 2.06. The van der Waals surface area contributed by atoms with Gasteiger partial charge >= 0.3 is 0 Å². The van der Waals surface area contributed by atoms with Crippen molar-refractivity contribution in [2.75, 3.05) is 6.61 Å². The van der Waals surface area contributed by atoms with E-state index >= 15 is 0 Å². The van der Waals surface area contributed by atoms with Crippen LogP contribution in [0.2, 0.25) is 0 Å². The van der Waals surface area contributed by atoms with Gasteiger partial charge < -0.3 is 9.84 Å². The smallest absolute Gasteiger partial charge is 0.0803 e. The van der Waals surface area contributed by atoms with Gasteiger partial charge in [-0.05, 0) is 20.3 Å². The zero-order chi connectivity index (χ0) is 7.98. The van der Waals surface area contributed by atoms with E-state index in [2.05, 4.69) is 6.92 Å². The van der Waals surface area contributed by atoms with Gasteiger partial charge in [0.05, 0.1) is 12.2 Å². The van der Waals surface area contributed by atoms with Crippen molar-refractivity contribution in [2.45, 2.75) is 45.8 Å². The topological polar surface area (TPSA) is 29.5 Å². The van der Waals surface area contributed by atoms with Crippen LogP contribution in [0.5, 0.6) is 0 Å². The van der Waals surface area contributed by atoms with Crippen LogP contribution in [-0.2, 0) is 4.74 Å². The summed E-state index contributed by atoms with van der Waals surface area (Å²) in [5.41, 5.74) is 0. The highest BCUT2D eigenvalue weighted by molar-refractivity contribution is 4.56. The number of aliphatic hydroxyl groups excluding tert-OH is 1. The molecule has 0 aliphatic rings. The Kier molecular flexibility index (Phi) is 5.64. The molecule has 0 aromatic heterocycles. The first-order chi connectivity index (χ1) is 4.68. The molecule has 0 saturated carbocycles. The van der Waals surface area contributed by atoms with Gasteiger partial charge in [0.1, 0.15) is 0 Å². The van der Waals surface area contributed by atoms with Crippen molar-refractivity contribution >= 4 is 0 Å². The zero-order valence-corrected chi connectivity index (χ0v) is 7.13. The molecule has 2 atom stereocenters. The minimum Gasteiger partial charge on any atom is -0.391 e. The summed E-state index contributed by atoms with van der Waals surface area (Å²) in [6.07, 6.45) is 1.85. The molecule has 0 spiro atoms. The van der Waals surface area contributed by atoms with Gasteiger partial charge in [-0.2, -0.15) is 0 Å². The van der Waals surface area contributed by atoms with Crippen LogP contribution < -0.4 is 0 Å². The van der Waals surface area contributed by atoms with E-state index in [9.17, 15) is 0 Å². The number of ether oxygens (including phenoxy) is 1. The first kappa shape index (κ1) is 9.92. The lowest BCUT2D eigenvalue weighted by Gasteiger charge is -2.14. The predicted molar refractivity (Wildman–Crippen MR) is 42.0 cm³/mol. The molecule has 0 rings (SSSR count). The average Bonchev–Trinajstić information content (AvgIpc) is 1.88. The fourth-order valence-corrected chi connectivity index (χ4v) is 0.553. The van der Waals surface area contributed by atoms with Gasteiger partial charge in [-0.3, -0.25) is 0 Å². The average molecular weight is 146 g/mol. The van der Waals surface area contributed by atoms with Crippen LogP contribution in [0, 0.1) is 0 Å². The fraction of sp³-hybridized carbons (Fsp3) is 1.00. The van der Waals surface area contributed by atoms with Gasteiger partial charge in [-0.25, -0.2) is 0 Å². The molecule has 10 heavy (non-hydrogen) atoms. The maximum atomic E-state index is 9.00. The van der Waals surface area contributed by atoms with Crippen molar-refractivity contribution in [3.05, 3.63) is 0 Å². The summed E-state index contributed by atoms with van der Waals surface area (Å²) in [7, 11) is 0. The van der Waals surface area contributed by atoms with Crippen molar-refractivity contribution in [3.8, 4) is 0 Å². The Labute approximate surface area is 63.2 Å². The molecule has 0 bridgehead atoms. The molecule has 2 nitrogen and oxygen atoms in total. The Bertz CT molecular complexity index is 71.7. The molecular formula is C8H18O2. The van der Waals surface area contributed by atoms with Crippen LogP contribution in [0.4, 0.5) is 0 Å². The molecule has 1 N–H and O–H groups in total. The van der Waals surface area contributed by atoms with Crippen molar-refractivity contribution in [3.63, 3.8) is 0 Å². The Morgan fingerprint density at radius 3 is 2.40 bits per heavy atom. The summed E-state index contributed by atoms with van der Waals surface area (Å²) >= 11 is 0. The third-order valence-corrected chi connectivity index (χ3v) is 1.56. The molecule has 1 unspecified atom stereocenters. The van der Waals surface area contributed by atoms with Gasteiger partial charge in [-0.15, -0.1) is 0 Å².